The van der Waals surface area contributed by atoms with E-state index in [2.05, 4.69) is 215 Å². The molecule has 0 aliphatic carbocycles. The number of aromatic nitrogens is 1. The smallest absolute Gasteiger partial charge is 0.0601 e. The van der Waals surface area contributed by atoms with Gasteiger partial charge in [0.1, 0.15) is 0 Å². The van der Waals surface area contributed by atoms with Crippen LogP contribution in [-0.2, 0) is 0 Å². The van der Waals surface area contributed by atoms with Gasteiger partial charge in [0, 0.05) is 49.0 Å². The normalized spacial score (nSPS) is 12.3. The van der Waals surface area contributed by atoms with Crippen molar-refractivity contribution in [1.29, 1.82) is 0 Å². The Bertz CT molecular complexity index is 3010. The number of hydrogen-bond acceptors (Lipinski definition) is 3. The maximum Gasteiger partial charge on any atom is 0.0601 e. The lowest BCUT2D eigenvalue weighted by Gasteiger charge is -2.33. The van der Waals surface area contributed by atoms with Crippen LogP contribution in [0.25, 0.3) is 49.0 Å². The van der Waals surface area contributed by atoms with Gasteiger partial charge in [0.2, 0.25) is 0 Å². The van der Waals surface area contributed by atoms with Crippen LogP contribution in [0.3, 0.4) is 0 Å². The quantitative estimate of drug-likeness (QED) is 0.165. The molecule has 1 aromatic heterocycles. The molecule has 9 aromatic carbocycles. The summed E-state index contributed by atoms with van der Waals surface area (Å²) in [5, 5.41) is 7.46. The van der Waals surface area contributed by atoms with E-state index < -0.39 is 0 Å². The van der Waals surface area contributed by atoms with Gasteiger partial charge in [0.05, 0.1) is 22.4 Å². The first-order valence-electron chi connectivity index (χ1n) is 18.3. The Kier molecular flexibility index (Phi) is 7.10. The molecule has 0 fully saturated rings. The minimum atomic E-state index is 1.12. The zero-order valence-electron chi connectivity index (χ0n) is 29.3. The number of rotatable bonds is 5. The highest BCUT2D eigenvalue weighted by Gasteiger charge is 2.25. The number of anilines is 6. The maximum absolute atomic E-state index is 2.42. The SMILES string of the molecule is c1ccc(N(c2ccc3c(ccc4ccccc43)c2)c2ccc3c(c2)c2ccccc2n3-c2cccc(N3c4ccccc4Sc4ccccc43)c2)cc1. The van der Waals surface area contributed by atoms with Crippen LogP contribution in [-0.4, -0.2) is 4.57 Å². The fourth-order valence-corrected chi connectivity index (χ4v) is 9.35. The van der Waals surface area contributed by atoms with Gasteiger partial charge < -0.3 is 14.4 Å². The standard InChI is InChI=1S/C50H33N3S/c1-2-14-36(15-3-1)51(39-27-29-42-35(31-39)26-25-34-13-4-5-18-41(34)42)40-28-30-46-44(33-40)43-19-6-7-20-45(43)52(46)37-16-12-17-38(32-37)53-47-21-8-10-23-49(47)54-50-24-11-9-22-48(50)53/h1-33H. The van der Waals surface area contributed by atoms with E-state index in [0.717, 1.165) is 28.4 Å². The van der Waals surface area contributed by atoms with Gasteiger partial charge in [0.25, 0.3) is 0 Å². The minimum Gasteiger partial charge on any atom is -0.310 e. The first-order valence-corrected chi connectivity index (χ1v) is 19.2. The summed E-state index contributed by atoms with van der Waals surface area (Å²) in [7, 11) is 0. The van der Waals surface area contributed by atoms with Gasteiger partial charge in [-0.1, -0.05) is 121 Å². The molecule has 0 saturated heterocycles. The fourth-order valence-electron chi connectivity index (χ4n) is 8.30. The Labute approximate surface area is 317 Å². The van der Waals surface area contributed by atoms with Crippen LogP contribution in [0.5, 0.6) is 0 Å². The van der Waals surface area contributed by atoms with Crippen molar-refractivity contribution in [3.8, 4) is 5.69 Å². The van der Waals surface area contributed by atoms with Crippen molar-refractivity contribution in [2.24, 2.45) is 0 Å². The minimum absolute atomic E-state index is 1.12. The van der Waals surface area contributed by atoms with E-state index in [1.54, 1.807) is 0 Å². The molecule has 0 N–H and O–H groups in total. The molecular formula is C50H33N3S. The highest BCUT2D eigenvalue weighted by Crippen LogP contribution is 2.51. The molecule has 2 heterocycles. The third-order valence-electron chi connectivity index (χ3n) is 10.7. The Balaban J connectivity index is 1.08. The zero-order valence-corrected chi connectivity index (χ0v) is 30.1. The number of hydrogen-bond donors (Lipinski definition) is 0. The third kappa shape index (κ3) is 4.92. The second kappa shape index (κ2) is 12.4. The summed E-state index contributed by atoms with van der Waals surface area (Å²) in [6, 6.07) is 72.8. The third-order valence-corrected chi connectivity index (χ3v) is 11.8. The van der Waals surface area contributed by atoms with Crippen LogP contribution < -0.4 is 9.80 Å². The van der Waals surface area contributed by atoms with E-state index in [4.69, 9.17) is 0 Å². The van der Waals surface area contributed by atoms with Crippen LogP contribution in [0.1, 0.15) is 0 Å². The highest BCUT2D eigenvalue weighted by atomic mass is 32.2. The van der Waals surface area contributed by atoms with E-state index in [9.17, 15) is 0 Å². The topological polar surface area (TPSA) is 11.4 Å². The molecule has 254 valence electrons. The molecule has 0 radical (unpaired) electrons. The van der Waals surface area contributed by atoms with Gasteiger partial charge in [-0.25, -0.2) is 0 Å². The van der Waals surface area contributed by atoms with Crippen molar-refractivity contribution in [2.75, 3.05) is 9.80 Å². The summed E-state index contributed by atoms with van der Waals surface area (Å²) in [4.78, 5) is 7.30. The fraction of sp³-hybridized carbons (Fsp3) is 0. The van der Waals surface area contributed by atoms with Crippen molar-refractivity contribution < 1.29 is 0 Å². The molecular weight excluding hydrogens is 675 g/mol. The van der Waals surface area contributed by atoms with Crippen molar-refractivity contribution in [3.63, 3.8) is 0 Å². The van der Waals surface area contributed by atoms with Crippen molar-refractivity contribution in [3.05, 3.63) is 200 Å². The Morgan fingerprint density at radius 2 is 0.963 bits per heavy atom. The lowest BCUT2D eigenvalue weighted by Crippen LogP contribution is -2.15. The predicted molar refractivity (Wildman–Crippen MR) is 229 cm³/mol. The molecule has 0 spiro atoms. The molecule has 0 atom stereocenters. The highest BCUT2D eigenvalue weighted by molar-refractivity contribution is 7.99. The van der Waals surface area contributed by atoms with Crippen LogP contribution in [0.4, 0.5) is 34.1 Å². The van der Waals surface area contributed by atoms with Crippen LogP contribution in [0.15, 0.2) is 210 Å². The predicted octanol–water partition coefficient (Wildman–Crippen LogP) is 14.5. The largest absolute Gasteiger partial charge is 0.310 e. The summed E-state index contributed by atoms with van der Waals surface area (Å²) in [5.41, 5.74) is 10.4. The van der Waals surface area contributed by atoms with Gasteiger partial charge in [-0.3, -0.25) is 0 Å². The van der Waals surface area contributed by atoms with E-state index in [-0.39, 0.29) is 0 Å². The van der Waals surface area contributed by atoms with Gasteiger partial charge in [-0.05, 0) is 113 Å². The summed E-state index contributed by atoms with van der Waals surface area (Å²) < 4.78 is 2.42. The van der Waals surface area contributed by atoms with Gasteiger partial charge in [0.15, 0.2) is 0 Å². The van der Waals surface area contributed by atoms with Crippen molar-refractivity contribution >= 4 is 89.2 Å². The van der Waals surface area contributed by atoms with Crippen LogP contribution >= 0.6 is 11.8 Å². The zero-order chi connectivity index (χ0) is 35.6. The van der Waals surface area contributed by atoms with Crippen LogP contribution in [0, 0.1) is 0 Å². The Morgan fingerprint density at radius 1 is 0.352 bits per heavy atom. The Morgan fingerprint density at radius 3 is 1.80 bits per heavy atom. The summed E-state index contributed by atoms with van der Waals surface area (Å²) >= 11 is 1.84. The lowest BCUT2D eigenvalue weighted by atomic mass is 10.0. The number of para-hydroxylation sites is 4. The van der Waals surface area contributed by atoms with E-state index in [1.165, 1.54) is 64.5 Å². The first kappa shape index (κ1) is 30.8. The maximum atomic E-state index is 2.42. The van der Waals surface area contributed by atoms with E-state index in [1.807, 2.05) is 11.8 Å². The molecule has 1 aliphatic rings. The second-order valence-electron chi connectivity index (χ2n) is 13.8. The molecule has 11 rings (SSSR count). The molecule has 4 heteroatoms. The van der Waals surface area contributed by atoms with E-state index in [0.29, 0.717) is 0 Å². The molecule has 3 nitrogen and oxygen atoms in total. The molecule has 1 aliphatic heterocycles. The molecule has 0 bridgehead atoms. The van der Waals surface area contributed by atoms with Crippen LogP contribution in [0.2, 0.25) is 0 Å². The van der Waals surface area contributed by atoms with Gasteiger partial charge >= 0.3 is 0 Å². The molecule has 10 aromatic rings. The molecule has 0 saturated carbocycles. The van der Waals surface area contributed by atoms with Gasteiger partial charge in [-0.2, -0.15) is 0 Å². The number of fused-ring (bicyclic) bond motifs is 8. The van der Waals surface area contributed by atoms with E-state index >= 15 is 0 Å². The Hall–Kier alpha value is -6.75. The summed E-state index contributed by atoms with van der Waals surface area (Å²) in [6.45, 7) is 0. The molecule has 54 heavy (non-hydrogen) atoms. The second-order valence-corrected chi connectivity index (χ2v) is 14.9. The molecule has 0 amide bonds. The molecule has 0 unspecified atom stereocenters. The summed E-state index contributed by atoms with van der Waals surface area (Å²) in [5.74, 6) is 0. The lowest BCUT2D eigenvalue weighted by molar-refractivity contribution is 1.14. The number of nitrogens with zero attached hydrogens (tertiary/aromatic N) is 3. The average molecular weight is 708 g/mol. The van der Waals surface area contributed by atoms with Crippen molar-refractivity contribution in [2.45, 2.75) is 9.79 Å². The first-order chi connectivity index (χ1) is 26.8. The monoisotopic (exact) mass is 707 g/mol. The average Bonchev–Trinajstić information content (AvgIpc) is 3.57. The van der Waals surface area contributed by atoms with Gasteiger partial charge in [-0.15, -0.1) is 0 Å². The summed E-state index contributed by atoms with van der Waals surface area (Å²) in [6.07, 6.45) is 0. The number of benzene rings is 9. The van der Waals surface area contributed by atoms with Crippen molar-refractivity contribution in [1.82, 2.24) is 4.57 Å².